The van der Waals surface area contributed by atoms with Gasteiger partial charge in [0.25, 0.3) is 0 Å². The summed E-state index contributed by atoms with van der Waals surface area (Å²) in [5.74, 6) is 0.203. The molecule has 0 aliphatic carbocycles. The Labute approximate surface area is 193 Å². The van der Waals surface area contributed by atoms with Crippen LogP contribution >= 0.6 is 0 Å². The Kier molecular flexibility index (Phi) is 7.06. The highest BCUT2D eigenvalue weighted by Gasteiger charge is 2.31. The molecule has 7 nitrogen and oxygen atoms in total. The zero-order valence-electron chi connectivity index (χ0n) is 18.2. The Morgan fingerprint density at radius 1 is 1.00 bits per heavy atom. The van der Waals surface area contributed by atoms with Crippen LogP contribution in [-0.2, 0) is 4.79 Å². The first-order valence-corrected chi connectivity index (χ1v) is 10.8. The average molecular weight is 476 g/mol. The van der Waals surface area contributed by atoms with Gasteiger partial charge in [0.2, 0.25) is 6.41 Å². The van der Waals surface area contributed by atoms with Gasteiger partial charge >= 0.3 is 6.36 Å². The van der Waals surface area contributed by atoms with Gasteiger partial charge in [-0.2, -0.15) is 0 Å². The molecule has 2 heterocycles. The maximum absolute atomic E-state index is 12.9. The van der Waals surface area contributed by atoms with E-state index in [1.807, 2.05) is 0 Å². The predicted molar refractivity (Wildman–Crippen MR) is 119 cm³/mol. The minimum absolute atomic E-state index is 0.231. The van der Waals surface area contributed by atoms with Gasteiger partial charge in [-0.25, -0.2) is 0 Å². The van der Waals surface area contributed by atoms with Crippen molar-refractivity contribution >= 4 is 17.4 Å². The van der Waals surface area contributed by atoms with Gasteiger partial charge in [-0.3, -0.25) is 14.5 Å². The Bertz CT molecular complexity index is 1190. The zero-order chi connectivity index (χ0) is 24.1. The molecular weight excluding hydrogens is 453 g/mol. The quantitative estimate of drug-likeness (QED) is 0.363. The van der Waals surface area contributed by atoms with Crippen molar-refractivity contribution in [1.82, 2.24) is 9.80 Å². The monoisotopic (exact) mass is 476 g/mol. The number of nitrogens with zero attached hydrogens (tertiary/aromatic N) is 2. The molecule has 0 bridgehead atoms. The van der Waals surface area contributed by atoms with Crippen LogP contribution in [0, 0.1) is 0 Å². The van der Waals surface area contributed by atoms with Crippen molar-refractivity contribution in [2.45, 2.75) is 12.8 Å². The molecule has 3 aromatic rings. The number of alkyl halides is 3. The molecule has 0 spiro atoms. The smallest absolute Gasteiger partial charge is 0.493 e. The van der Waals surface area contributed by atoms with Crippen LogP contribution in [0.1, 0.15) is 6.42 Å². The second-order valence-corrected chi connectivity index (χ2v) is 7.89. The summed E-state index contributed by atoms with van der Waals surface area (Å²) >= 11 is 0. The van der Waals surface area contributed by atoms with Crippen LogP contribution in [0.15, 0.2) is 57.9 Å². The van der Waals surface area contributed by atoms with Crippen molar-refractivity contribution in [3.63, 3.8) is 0 Å². The molecule has 10 heteroatoms. The molecule has 1 aromatic heterocycles. The lowest BCUT2D eigenvalue weighted by molar-refractivity contribution is -0.274. The van der Waals surface area contributed by atoms with E-state index >= 15 is 0 Å². The van der Waals surface area contributed by atoms with Crippen LogP contribution in [0.25, 0.3) is 22.1 Å². The molecule has 0 N–H and O–H groups in total. The molecular formula is C24H23F3N2O5. The van der Waals surface area contributed by atoms with Crippen LogP contribution in [0.2, 0.25) is 0 Å². The first kappa shape index (κ1) is 23.6. The maximum Gasteiger partial charge on any atom is 0.573 e. The Morgan fingerprint density at radius 3 is 2.38 bits per heavy atom. The van der Waals surface area contributed by atoms with E-state index in [0.717, 1.165) is 57.7 Å². The van der Waals surface area contributed by atoms with Crippen molar-refractivity contribution in [2.24, 2.45) is 0 Å². The normalized spacial score (nSPS) is 14.9. The molecule has 34 heavy (non-hydrogen) atoms. The molecule has 0 saturated carbocycles. The van der Waals surface area contributed by atoms with E-state index in [1.165, 1.54) is 18.4 Å². The van der Waals surface area contributed by atoms with E-state index in [4.69, 9.17) is 9.15 Å². The van der Waals surface area contributed by atoms with Crippen LogP contribution in [0.3, 0.4) is 0 Å². The highest BCUT2D eigenvalue weighted by molar-refractivity contribution is 5.82. The van der Waals surface area contributed by atoms with Crippen LogP contribution < -0.4 is 14.9 Å². The van der Waals surface area contributed by atoms with Gasteiger partial charge in [0.1, 0.15) is 23.3 Å². The number of rotatable bonds is 8. The highest BCUT2D eigenvalue weighted by Crippen LogP contribution is 2.27. The minimum Gasteiger partial charge on any atom is -0.493 e. The number of carbonyl (C=O) groups is 1. The summed E-state index contributed by atoms with van der Waals surface area (Å²) in [4.78, 5) is 27.7. The fraction of sp³-hybridized carbons (Fsp3) is 0.333. The summed E-state index contributed by atoms with van der Waals surface area (Å²) in [7, 11) is 0. The largest absolute Gasteiger partial charge is 0.573 e. The number of carbonyl (C=O) groups excluding carboxylic acids is 1. The third-order valence-corrected chi connectivity index (χ3v) is 5.59. The molecule has 1 aliphatic rings. The van der Waals surface area contributed by atoms with Crippen LogP contribution in [0.5, 0.6) is 11.5 Å². The number of halogens is 3. The molecule has 4 rings (SSSR count). The highest BCUT2D eigenvalue weighted by atomic mass is 19.4. The third-order valence-electron chi connectivity index (χ3n) is 5.59. The van der Waals surface area contributed by atoms with Gasteiger partial charge in [-0.05, 0) is 36.2 Å². The summed E-state index contributed by atoms with van der Waals surface area (Å²) in [6, 6.07) is 9.97. The molecule has 0 unspecified atom stereocenters. The fourth-order valence-electron chi connectivity index (χ4n) is 3.80. The second kappa shape index (κ2) is 10.2. The lowest BCUT2D eigenvalue weighted by atomic mass is 10.1. The standard InChI is InChI=1S/C24H23F3N2O5/c25-24(26,27)34-18-4-2-17(3-5-18)21-15-33-22-14-19(6-7-20(22)23(21)31)32-13-1-8-28-9-11-29(16-30)12-10-28/h2-7,14-16H,1,8-13H2. The van der Waals surface area contributed by atoms with Gasteiger partial charge < -0.3 is 18.8 Å². The minimum atomic E-state index is -4.78. The Balaban J connectivity index is 1.37. The van der Waals surface area contributed by atoms with Crippen molar-refractivity contribution in [3.8, 4) is 22.6 Å². The van der Waals surface area contributed by atoms with E-state index in [0.29, 0.717) is 28.9 Å². The van der Waals surface area contributed by atoms with E-state index in [9.17, 15) is 22.8 Å². The molecule has 180 valence electrons. The fourth-order valence-corrected chi connectivity index (χ4v) is 3.80. The van der Waals surface area contributed by atoms with Crippen molar-refractivity contribution in [2.75, 3.05) is 39.3 Å². The van der Waals surface area contributed by atoms with Gasteiger partial charge in [-0.15, -0.1) is 13.2 Å². The second-order valence-electron chi connectivity index (χ2n) is 7.89. The number of piperazine rings is 1. The average Bonchev–Trinajstić information content (AvgIpc) is 2.82. The number of fused-ring (bicyclic) bond motifs is 1. The molecule has 0 atom stereocenters. The first-order valence-electron chi connectivity index (χ1n) is 10.8. The summed E-state index contributed by atoms with van der Waals surface area (Å²) < 4.78 is 52.3. The lowest BCUT2D eigenvalue weighted by Crippen LogP contribution is -2.46. The van der Waals surface area contributed by atoms with Gasteiger partial charge in [0.15, 0.2) is 5.43 Å². The summed E-state index contributed by atoms with van der Waals surface area (Å²) in [6.45, 7) is 4.53. The number of benzene rings is 2. The lowest BCUT2D eigenvalue weighted by Gasteiger charge is -2.32. The molecule has 1 saturated heterocycles. The van der Waals surface area contributed by atoms with E-state index in [-0.39, 0.29) is 16.7 Å². The molecule has 1 amide bonds. The van der Waals surface area contributed by atoms with E-state index in [1.54, 1.807) is 23.1 Å². The number of hydrogen-bond acceptors (Lipinski definition) is 6. The predicted octanol–water partition coefficient (Wildman–Crippen LogP) is 3.90. The Morgan fingerprint density at radius 2 is 1.71 bits per heavy atom. The molecule has 1 aliphatic heterocycles. The van der Waals surface area contributed by atoms with Crippen LogP contribution in [-0.4, -0.2) is 61.9 Å². The van der Waals surface area contributed by atoms with Crippen molar-refractivity contribution in [1.29, 1.82) is 0 Å². The maximum atomic E-state index is 12.9. The van der Waals surface area contributed by atoms with Gasteiger partial charge in [0.05, 0.1) is 17.6 Å². The van der Waals surface area contributed by atoms with Gasteiger partial charge in [-0.1, -0.05) is 12.1 Å². The number of amides is 1. The molecule has 0 radical (unpaired) electrons. The molecule has 1 fully saturated rings. The first-order chi connectivity index (χ1) is 16.3. The SMILES string of the molecule is O=CN1CCN(CCCOc2ccc3c(=O)c(-c4ccc(OC(F)(F)F)cc4)coc3c2)CC1. The number of hydrogen-bond donors (Lipinski definition) is 0. The summed E-state index contributed by atoms with van der Waals surface area (Å²) in [5.41, 5.74) is 0.703. The number of ether oxygens (including phenoxy) is 2. The van der Waals surface area contributed by atoms with E-state index in [2.05, 4.69) is 9.64 Å². The summed E-state index contributed by atoms with van der Waals surface area (Å²) in [6.07, 6.45) is -1.80. The molecule has 2 aromatic carbocycles. The van der Waals surface area contributed by atoms with Crippen molar-refractivity contribution in [3.05, 3.63) is 59.0 Å². The van der Waals surface area contributed by atoms with Crippen molar-refractivity contribution < 1.29 is 31.9 Å². The third kappa shape index (κ3) is 5.88. The Hall–Kier alpha value is -3.53. The van der Waals surface area contributed by atoms with E-state index < -0.39 is 6.36 Å². The zero-order valence-corrected chi connectivity index (χ0v) is 18.2. The van der Waals surface area contributed by atoms with Crippen LogP contribution in [0.4, 0.5) is 13.2 Å². The topological polar surface area (TPSA) is 72.2 Å². The summed E-state index contributed by atoms with van der Waals surface area (Å²) in [5, 5.41) is 0.341. The van der Waals surface area contributed by atoms with Gasteiger partial charge in [0, 0.05) is 38.8 Å².